The van der Waals surface area contributed by atoms with E-state index >= 15 is 0 Å². The van der Waals surface area contributed by atoms with Crippen molar-refractivity contribution < 1.29 is 18.7 Å². The van der Waals surface area contributed by atoms with Gasteiger partial charge in [-0.1, -0.05) is 11.3 Å². The lowest BCUT2D eigenvalue weighted by Gasteiger charge is -2.16. The van der Waals surface area contributed by atoms with Gasteiger partial charge in [-0.2, -0.15) is 0 Å². The van der Waals surface area contributed by atoms with Crippen LogP contribution in [0.5, 0.6) is 11.5 Å². The Labute approximate surface area is 124 Å². The third-order valence-corrected chi connectivity index (χ3v) is 4.84. The van der Waals surface area contributed by atoms with Crippen molar-refractivity contribution in [2.24, 2.45) is 0 Å². The Bertz CT molecular complexity index is 683. The molecule has 1 aliphatic carbocycles. The molecule has 0 saturated heterocycles. The summed E-state index contributed by atoms with van der Waals surface area (Å²) in [4.78, 5) is 16.4. The summed E-state index contributed by atoms with van der Waals surface area (Å²) in [6, 6.07) is 3.59. The molecule has 0 radical (unpaired) electrons. The predicted molar refractivity (Wildman–Crippen MR) is 76.7 cm³/mol. The molecule has 1 saturated carbocycles. The van der Waals surface area contributed by atoms with Gasteiger partial charge in [0, 0.05) is 12.1 Å². The number of alkyl halides is 1. The van der Waals surface area contributed by atoms with Crippen LogP contribution in [0.1, 0.15) is 25.7 Å². The lowest BCUT2D eigenvalue weighted by atomic mass is 10.0. The smallest absolute Gasteiger partial charge is 0.263 e. The molecular weight excluding hydrogens is 295 g/mol. The topological polar surface area (TPSA) is 60.5 Å². The molecule has 1 N–H and O–H groups in total. The average molecular weight is 308 g/mol. The Morgan fingerprint density at radius 3 is 2.76 bits per heavy atom. The van der Waals surface area contributed by atoms with Crippen molar-refractivity contribution in [2.75, 3.05) is 12.1 Å². The van der Waals surface area contributed by atoms with Gasteiger partial charge in [-0.25, -0.2) is 9.37 Å². The maximum Gasteiger partial charge on any atom is 0.263 e. The number of thiazole rings is 1. The van der Waals surface area contributed by atoms with E-state index in [-0.39, 0.29) is 6.79 Å². The van der Waals surface area contributed by atoms with E-state index in [4.69, 9.17) is 9.47 Å². The summed E-state index contributed by atoms with van der Waals surface area (Å²) in [5.41, 5.74) is -1.04. The van der Waals surface area contributed by atoms with Crippen molar-refractivity contribution in [1.82, 2.24) is 4.98 Å². The number of ether oxygens (including phenoxy) is 2. The molecule has 2 aliphatic rings. The van der Waals surface area contributed by atoms with E-state index in [0.717, 1.165) is 17.5 Å². The summed E-state index contributed by atoms with van der Waals surface area (Å²) in [6.45, 7) is 0.209. The summed E-state index contributed by atoms with van der Waals surface area (Å²) in [6.07, 6.45) is 2.09. The lowest BCUT2D eigenvalue weighted by Crippen LogP contribution is -2.35. The molecule has 1 fully saturated rings. The zero-order valence-corrected chi connectivity index (χ0v) is 12.0. The molecule has 0 atom stereocenters. The van der Waals surface area contributed by atoms with E-state index in [1.165, 1.54) is 11.3 Å². The molecule has 110 valence electrons. The molecule has 1 amide bonds. The van der Waals surface area contributed by atoms with E-state index < -0.39 is 11.6 Å². The fourth-order valence-electron chi connectivity index (χ4n) is 2.74. The van der Waals surface area contributed by atoms with E-state index in [9.17, 15) is 9.18 Å². The number of benzene rings is 1. The van der Waals surface area contributed by atoms with Crippen molar-refractivity contribution in [3.05, 3.63) is 12.1 Å². The average Bonchev–Trinajstić information content (AvgIpc) is 3.14. The highest BCUT2D eigenvalue weighted by Crippen LogP contribution is 2.40. The van der Waals surface area contributed by atoms with Crippen LogP contribution < -0.4 is 14.8 Å². The van der Waals surface area contributed by atoms with Crippen LogP contribution in [0.3, 0.4) is 0 Å². The Morgan fingerprint density at radius 2 is 2.00 bits per heavy atom. The molecule has 4 rings (SSSR count). The fourth-order valence-corrected chi connectivity index (χ4v) is 3.61. The molecule has 2 aromatic rings. The molecule has 21 heavy (non-hydrogen) atoms. The molecule has 7 heteroatoms. The second-order valence-corrected chi connectivity index (χ2v) is 6.35. The summed E-state index contributed by atoms with van der Waals surface area (Å²) >= 11 is 1.30. The molecule has 1 aromatic carbocycles. The first kappa shape index (κ1) is 12.8. The number of halogens is 1. The number of fused-ring (bicyclic) bond motifs is 2. The Balaban J connectivity index is 1.61. The van der Waals surface area contributed by atoms with Crippen LogP contribution in [0.2, 0.25) is 0 Å². The minimum atomic E-state index is -1.74. The summed E-state index contributed by atoms with van der Waals surface area (Å²) in [7, 11) is 0. The summed E-state index contributed by atoms with van der Waals surface area (Å²) < 4.78 is 25.8. The Hall–Kier alpha value is -1.89. The number of rotatable bonds is 2. The van der Waals surface area contributed by atoms with Crippen LogP contribution in [0.15, 0.2) is 12.1 Å². The number of carbonyl (C=O) groups excluding carboxylic acids is 1. The Kier molecular flexibility index (Phi) is 2.78. The third-order valence-electron chi connectivity index (χ3n) is 3.91. The first-order valence-corrected chi connectivity index (χ1v) is 7.66. The van der Waals surface area contributed by atoms with E-state index in [2.05, 4.69) is 10.3 Å². The fraction of sp³-hybridized carbons (Fsp3) is 0.429. The molecule has 0 bridgehead atoms. The summed E-state index contributed by atoms with van der Waals surface area (Å²) in [5.74, 6) is 0.726. The van der Waals surface area contributed by atoms with Crippen LogP contribution in [-0.4, -0.2) is 23.4 Å². The van der Waals surface area contributed by atoms with Gasteiger partial charge in [0.2, 0.25) is 6.79 Å². The molecule has 2 heterocycles. The van der Waals surface area contributed by atoms with Gasteiger partial charge >= 0.3 is 0 Å². The number of aromatic nitrogens is 1. The minimum absolute atomic E-state index is 0.209. The standard InChI is InChI=1S/C14H13FN2O3S/c15-14(3-1-2-4-14)12(18)17-13-16-8-5-9-10(20-7-19-9)6-11(8)21-13/h5-6H,1-4,7H2,(H,16,17,18). The number of hydrogen-bond acceptors (Lipinski definition) is 5. The van der Waals surface area contributed by atoms with Gasteiger partial charge in [0.25, 0.3) is 5.91 Å². The minimum Gasteiger partial charge on any atom is -0.454 e. The van der Waals surface area contributed by atoms with Gasteiger partial charge in [0.1, 0.15) is 0 Å². The zero-order valence-electron chi connectivity index (χ0n) is 11.1. The van der Waals surface area contributed by atoms with E-state index in [1.807, 2.05) is 6.07 Å². The maximum atomic E-state index is 14.4. The van der Waals surface area contributed by atoms with Crippen LogP contribution in [0.4, 0.5) is 9.52 Å². The van der Waals surface area contributed by atoms with Gasteiger partial charge in [0.05, 0.1) is 10.2 Å². The monoisotopic (exact) mass is 308 g/mol. The van der Waals surface area contributed by atoms with Crippen molar-refractivity contribution in [3.8, 4) is 11.5 Å². The quantitative estimate of drug-likeness (QED) is 0.925. The van der Waals surface area contributed by atoms with Gasteiger partial charge in [-0.15, -0.1) is 0 Å². The lowest BCUT2D eigenvalue weighted by molar-refractivity contribution is -0.127. The van der Waals surface area contributed by atoms with Crippen molar-refractivity contribution in [3.63, 3.8) is 0 Å². The van der Waals surface area contributed by atoms with Gasteiger partial charge in [-0.05, 0) is 25.7 Å². The van der Waals surface area contributed by atoms with Gasteiger partial charge in [0.15, 0.2) is 22.3 Å². The highest BCUT2D eigenvalue weighted by atomic mass is 32.1. The van der Waals surface area contributed by atoms with Crippen LogP contribution >= 0.6 is 11.3 Å². The number of carbonyl (C=O) groups is 1. The number of nitrogens with one attached hydrogen (secondary N) is 1. The highest BCUT2D eigenvalue weighted by molar-refractivity contribution is 7.22. The second-order valence-electron chi connectivity index (χ2n) is 5.32. The SMILES string of the molecule is O=C(Nc1nc2cc3c(cc2s1)OCO3)C1(F)CCCC1. The Morgan fingerprint density at radius 1 is 1.29 bits per heavy atom. The van der Waals surface area contributed by atoms with E-state index in [1.54, 1.807) is 6.07 Å². The second kappa shape index (κ2) is 4.56. The van der Waals surface area contributed by atoms with E-state index in [0.29, 0.717) is 35.0 Å². The first-order valence-electron chi connectivity index (χ1n) is 6.85. The van der Waals surface area contributed by atoms with Gasteiger partial charge in [-0.3, -0.25) is 10.1 Å². The predicted octanol–water partition coefficient (Wildman–Crippen LogP) is 3.25. The first-order chi connectivity index (χ1) is 10.1. The van der Waals surface area contributed by atoms with Crippen LogP contribution in [0.25, 0.3) is 10.2 Å². The number of anilines is 1. The van der Waals surface area contributed by atoms with Crippen LogP contribution in [-0.2, 0) is 4.79 Å². The van der Waals surface area contributed by atoms with Gasteiger partial charge < -0.3 is 9.47 Å². The molecule has 0 unspecified atom stereocenters. The molecule has 0 spiro atoms. The largest absolute Gasteiger partial charge is 0.454 e. The molecule has 1 aromatic heterocycles. The molecular formula is C14H13FN2O3S. The molecule has 5 nitrogen and oxygen atoms in total. The number of amides is 1. The van der Waals surface area contributed by atoms with Crippen molar-refractivity contribution in [2.45, 2.75) is 31.4 Å². The third kappa shape index (κ3) is 2.12. The zero-order chi connectivity index (χ0) is 14.4. The summed E-state index contributed by atoms with van der Waals surface area (Å²) in [5, 5.41) is 3.01. The number of hydrogen-bond donors (Lipinski definition) is 1. The number of nitrogens with zero attached hydrogens (tertiary/aromatic N) is 1. The molecule has 1 aliphatic heterocycles. The van der Waals surface area contributed by atoms with Crippen LogP contribution in [0, 0.1) is 0 Å². The van der Waals surface area contributed by atoms with Crippen molar-refractivity contribution in [1.29, 1.82) is 0 Å². The normalized spacial score (nSPS) is 19.1. The van der Waals surface area contributed by atoms with Crippen molar-refractivity contribution >= 4 is 32.6 Å². The highest BCUT2D eigenvalue weighted by Gasteiger charge is 2.41. The maximum absolute atomic E-state index is 14.4.